The van der Waals surface area contributed by atoms with E-state index in [2.05, 4.69) is 39.2 Å². The fraction of sp³-hybridized carbons (Fsp3) is 0.250. The van der Waals surface area contributed by atoms with Gasteiger partial charge >= 0.3 is 0 Å². The molecule has 7 nitrogen and oxygen atoms in total. The molecule has 0 spiro atoms. The van der Waals surface area contributed by atoms with E-state index >= 15 is 0 Å². The number of hydrogen-bond acceptors (Lipinski definition) is 7. The summed E-state index contributed by atoms with van der Waals surface area (Å²) in [4.78, 5) is 30.8. The number of carbonyl (C=O) groups is 1. The van der Waals surface area contributed by atoms with Crippen molar-refractivity contribution in [2.24, 2.45) is 0 Å². The lowest BCUT2D eigenvalue weighted by Gasteiger charge is -2.34. The van der Waals surface area contributed by atoms with Gasteiger partial charge in [-0.05, 0) is 38.1 Å². The van der Waals surface area contributed by atoms with Crippen LogP contribution in [0, 0.1) is 13.8 Å². The summed E-state index contributed by atoms with van der Waals surface area (Å²) in [5.41, 5.74) is 3.98. The fourth-order valence-electron chi connectivity index (χ4n) is 3.75. The van der Waals surface area contributed by atoms with Crippen molar-refractivity contribution < 1.29 is 4.79 Å². The van der Waals surface area contributed by atoms with E-state index in [-0.39, 0.29) is 5.91 Å². The van der Waals surface area contributed by atoms with Gasteiger partial charge in [0.15, 0.2) is 5.01 Å². The third-order valence-corrected chi connectivity index (χ3v) is 6.52. The zero-order valence-electron chi connectivity index (χ0n) is 18.1. The van der Waals surface area contributed by atoms with Crippen LogP contribution < -0.4 is 10.2 Å². The molecule has 8 heteroatoms. The van der Waals surface area contributed by atoms with Gasteiger partial charge in [-0.2, -0.15) is 4.98 Å². The van der Waals surface area contributed by atoms with Crippen LogP contribution in [0.1, 0.15) is 21.1 Å². The Bertz CT molecular complexity index is 1230. The molecule has 0 bridgehead atoms. The van der Waals surface area contributed by atoms with Crippen molar-refractivity contribution in [3.8, 4) is 0 Å². The second-order valence-electron chi connectivity index (χ2n) is 7.95. The number of fused-ring (bicyclic) bond motifs is 1. The minimum absolute atomic E-state index is 0.00210. The number of rotatable bonds is 4. The molecule has 1 aliphatic heterocycles. The van der Waals surface area contributed by atoms with E-state index in [1.807, 2.05) is 54.3 Å². The number of carbonyl (C=O) groups excluding carboxylic acids is 1. The number of nitrogens with one attached hydrogen (secondary N) is 1. The number of anilines is 3. The Morgan fingerprint density at radius 1 is 0.938 bits per heavy atom. The molecule has 4 aromatic rings. The van der Waals surface area contributed by atoms with Gasteiger partial charge in [-0.3, -0.25) is 4.79 Å². The lowest BCUT2D eigenvalue weighted by Crippen LogP contribution is -2.49. The van der Waals surface area contributed by atoms with Gasteiger partial charge in [-0.1, -0.05) is 29.8 Å². The maximum Gasteiger partial charge on any atom is 0.282 e. The van der Waals surface area contributed by atoms with Crippen LogP contribution in [0.2, 0.25) is 0 Å². The van der Waals surface area contributed by atoms with Gasteiger partial charge in [0.25, 0.3) is 5.91 Å². The van der Waals surface area contributed by atoms with Crippen LogP contribution in [0.15, 0.2) is 54.6 Å². The highest BCUT2D eigenvalue weighted by atomic mass is 32.1. The minimum Gasteiger partial charge on any atom is -0.340 e. The largest absolute Gasteiger partial charge is 0.340 e. The molecule has 0 radical (unpaired) electrons. The number of aryl methyl sites for hydroxylation is 2. The molecule has 32 heavy (non-hydrogen) atoms. The number of hydrogen-bond donors (Lipinski definition) is 1. The molecule has 2 aromatic heterocycles. The third-order valence-electron chi connectivity index (χ3n) is 5.49. The predicted molar refractivity (Wildman–Crippen MR) is 129 cm³/mol. The van der Waals surface area contributed by atoms with Crippen molar-refractivity contribution >= 4 is 44.9 Å². The summed E-state index contributed by atoms with van der Waals surface area (Å²) >= 11 is 1.45. The normalized spacial score (nSPS) is 14.1. The lowest BCUT2D eigenvalue weighted by molar-refractivity contribution is 0.0746. The average molecular weight is 445 g/mol. The smallest absolute Gasteiger partial charge is 0.282 e. The average Bonchev–Trinajstić information content (AvgIpc) is 3.24. The van der Waals surface area contributed by atoms with Crippen molar-refractivity contribution in [3.05, 3.63) is 70.9 Å². The summed E-state index contributed by atoms with van der Waals surface area (Å²) in [5, 5.41) is 3.92. The number of benzene rings is 2. The number of aromatic nitrogens is 3. The Morgan fingerprint density at radius 3 is 2.44 bits per heavy atom. The van der Waals surface area contributed by atoms with Gasteiger partial charge in [0.05, 0.1) is 10.2 Å². The van der Waals surface area contributed by atoms with E-state index in [9.17, 15) is 4.79 Å². The molecule has 162 valence electrons. The van der Waals surface area contributed by atoms with Gasteiger partial charge in [0.1, 0.15) is 5.82 Å². The summed E-state index contributed by atoms with van der Waals surface area (Å²) in [6.07, 6.45) is 0. The predicted octanol–water partition coefficient (Wildman–Crippen LogP) is 4.41. The first-order valence-corrected chi connectivity index (χ1v) is 11.5. The third kappa shape index (κ3) is 4.27. The molecule has 1 saturated heterocycles. The SMILES string of the molecule is Cc1ccc(Nc2cc(C)nc(N3CCN(C(=O)c4nc5ccccc5s4)CC3)n2)cc1. The second-order valence-corrected chi connectivity index (χ2v) is 8.98. The summed E-state index contributed by atoms with van der Waals surface area (Å²) in [6, 6.07) is 18.0. The quantitative estimate of drug-likeness (QED) is 0.503. The second kappa shape index (κ2) is 8.55. The van der Waals surface area contributed by atoms with E-state index in [1.54, 1.807) is 0 Å². The van der Waals surface area contributed by atoms with Crippen molar-refractivity contribution in [2.75, 3.05) is 36.4 Å². The number of nitrogens with zero attached hydrogens (tertiary/aromatic N) is 5. The molecule has 0 unspecified atom stereocenters. The molecule has 5 rings (SSSR count). The first-order valence-electron chi connectivity index (χ1n) is 10.6. The Hall–Kier alpha value is -3.52. The van der Waals surface area contributed by atoms with Gasteiger partial charge < -0.3 is 15.1 Å². The molecular formula is C24H24N6OS. The summed E-state index contributed by atoms with van der Waals surface area (Å²) in [5.74, 6) is 1.45. The fourth-order valence-corrected chi connectivity index (χ4v) is 4.69. The van der Waals surface area contributed by atoms with E-state index < -0.39 is 0 Å². The van der Waals surface area contributed by atoms with Crippen molar-refractivity contribution in [3.63, 3.8) is 0 Å². The number of piperazine rings is 1. The van der Waals surface area contributed by atoms with Crippen LogP contribution in [0.4, 0.5) is 17.5 Å². The zero-order chi connectivity index (χ0) is 22.1. The van der Waals surface area contributed by atoms with Crippen molar-refractivity contribution in [2.45, 2.75) is 13.8 Å². The monoisotopic (exact) mass is 444 g/mol. The van der Waals surface area contributed by atoms with Crippen LogP contribution in [-0.4, -0.2) is 51.9 Å². The van der Waals surface area contributed by atoms with E-state index in [0.717, 1.165) is 27.4 Å². The van der Waals surface area contributed by atoms with Crippen LogP contribution >= 0.6 is 11.3 Å². The molecule has 1 fully saturated rings. The van der Waals surface area contributed by atoms with E-state index in [4.69, 9.17) is 4.98 Å². The Kier molecular flexibility index (Phi) is 5.45. The van der Waals surface area contributed by atoms with Crippen LogP contribution in [0.3, 0.4) is 0 Å². The van der Waals surface area contributed by atoms with Crippen LogP contribution in [0.5, 0.6) is 0 Å². The Labute approximate surface area is 190 Å². The van der Waals surface area contributed by atoms with Gasteiger partial charge in [0, 0.05) is 43.6 Å². The highest BCUT2D eigenvalue weighted by Gasteiger charge is 2.26. The molecule has 3 heterocycles. The number of thiazole rings is 1. The summed E-state index contributed by atoms with van der Waals surface area (Å²) in [6.45, 7) is 6.64. The summed E-state index contributed by atoms with van der Waals surface area (Å²) in [7, 11) is 0. The van der Waals surface area contributed by atoms with Crippen LogP contribution in [0.25, 0.3) is 10.2 Å². The zero-order valence-corrected chi connectivity index (χ0v) is 18.9. The lowest BCUT2D eigenvalue weighted by atomic mass is 10.2. The van der Waals surface area contributed by atoms with Gasteiger partial charge in [-0.15, -0.1) is 11.3 Å². The van der Waals surface area contributed by atoms with Gasteiger partial charge in [-0.25, -0.2) is 9.97 Å². The topological polar surface area (TPSA) is 74.2 Å². The molecule has 0 aliphatic carbocycles. The molecule has 1 amide bonds. The molecule has 0 saturated carbocycles. The minimum atomic E-state index is -0.00210. The van der Waals surface area contributed by atoms with Crippen molar-refractivity contribution in [1.82, 2.24) is 19.9 Å². The Balaban J connectivity index is 1.27. The van der Waals surface area contributed by atoms with Crippen LogP contribution in [-0.2, 0) is 0 Å². The van der Waals surface area contributed by atoms with E-state index in [0.29, 0.717) is 37.1 Å². The summed E-state index contributed by atoms with van der Waals surface area (Å²) < 4.78 is 1.04. The molecule has 2 aromatic carbocycles. The Morgan fingerprint density at radius 2 is 1.69 bits per heavy atom. The standard InChI is InChI=1S/C24H24N6OS/c1-16-7-9-18(10-8-16)26-21-15-17(2)25-24(28-21)30-13-11-29(12-14-30)23(31)22-27-19-5-3-4-6-20(19)32-22/h3-10,15H,11-14H2,1-2H3,(H,25,26,28). The maximum atomic E-state index is 13.0. The highest BCUT2D eigenvalue weighted by molar-refractivity contribution is 7.20. The highest BCUT2D eigenvalue weighted by Crippen LogP contribution is 2.24. The van der Waals surface area contributed by atoms with Gasteiger partial charge in [0.2, 0.25) is 5.95 Å². The maximum absolute atomic E-state index is 13.0. The molecule has 1 aliphatic rings. The number of amides is 1. The molecule has 0 atom stereocenters. The first kappa shape index (κ1) is 20.4. The number of para-hydroxylation sites is 1. The molecule has 1 N–H and O–H groups in total. The van der Waals surface area contributed by atoms with E-state index in [1.165, 1.54) is 16.9 Å². The van der Waals surface area contributed by atoms with Crippen molar-refractivity contribution in [1.29, 1.82) is 0 Å². The molecular weight excluding hydrogens is 420 g/mol. The first-order chi connectivity index (χ1) is 15.5.